The van der Waals surface area contributed by atoms with E-state index in [2.05, 4.69) is 9.44 Å². The highest BCUT2D eigenvalue weighted by molar-refractivity contribution is 7.92. The van der Waals surface area contributed by atoms with Gasteiger partial charge in [-0.3, -0.25) is 23.8 Å². The molecule has 0 aliphatic heterocycles. The number of ether oxygens (including phenoxy) is 2. The molecule has 48 heavy (non-hydrogen) atoms. The van der Waals surface area contributed by atoms with Gasteiger partial charge in [-0.15, -0.1) is 0 Å². The van der Waals surface area contributed by atoms with Gasteiger partial charge in [-0.05, 0) is 36.4 Å². The standard InChI is InChI=1S/C31H30N4O11S2/c1-47(41,42)34-27-19(15-25(32)36)29(38)21(13-23(27)45-17-9-5-3-6-10-17)31(40)22-14-24(46-18-11-7-4-8-12-18)28(35-48(2,43)44)20(30(22)39)16-26(33)37/h3-14,34-35,38-39H,15-16H2,1-2H3,(H2,32,36)(H2,33,37). The number of carbonyl (C=O) groups is 3. The zero-order valence-corrected chi connectivity index (χ0v) is 27.0. The van der Waals surface area contributed by atoms with Gasteiger partial charge in [-0.2, -0.15) is 0 Å². The molecule has 4 aromatic carbocycles. The van der Waals surface area contributed by atoms with Gasteiger partial charge in [0, 0.05) is 11.1 Å². The van der Waals surface area contributed by atoms with Crippen LogP contribution >= 0.6 is 0 Å². The summed E-state index contributed by atoms with van der Waals surface area (Å²) in [4.78, 5) is 38.4. The molecule has 0 aliphatic carbocycles. The topological polar surface area (TPSA) is 255 Å². The minimum atomic E-state index is -4.07. The number of nitrogens with two attached hydrogens (primary N) is 2. The maximum atomic E-state index is 14.2. The predicted molar refractivity (Wildman–Crippen MR) is 175 cm³/mol. The minimum Gasteiger partial charge on any atom is -0.507 e. The Morgan fingerprint density at radius 1 is 0.646 bits per heavy atom. The number of sulfonamides is 2. The number of nitrogens with one attached hydrogen (secondary N) is 2. The molecule has 0 fully saturated rings. The molecule has 8 N–H and O–H groups in total. The number of ketones is 1. The molecule has 0 heterocycles. The molecule has 2 amide bonds. The van der Waals surface area contributed by atoms with Crippen LogP contribution in [0.3, 0.4) is 0 Å². The Morgan fingerprint density at radius 3 is 1.27 bits per heavy atom. The van der Waals surface area contributed by atoms with E-state index >= 15 is 0 Å². The van der Waals surface area contributed by atoms with Crippen LogP contribution in [0.15, 0.2) is 72.8 Å². The molecule has 17 heteroatoms. The molecule has 0 atom stereocenters. The Kier molecular flexibility index (Phi) is 10.1. The number of aromatic hydroxyl groups is 2. The van der Waals surface area contributed by atoms with Crippen LogP contribution in [-0.4, -0.2) is 57.2 Å². The number of primary amides is 2. The lowest BCUT2D eigenvalue weighted by atomic mass is 9.93. The summed E-state index contributed by atoms with van der Waals surface area (Å²) in [5.41, 5.74) is 7.95. The van der Waals surface area contributed by atoms with E-state index in [1.165, 1.54) is 24.3 Å². The highest BCUT2D eigenvalue weighted by Crippen LogP contribution is 2.45. The van der Waals surface area contributed by atoms with Crippen LogP contribution in [0.4, 0.5) is 11.4 Å². The Labute approximate surface area is 275 Å². The molecule has 15 nitrogen and oxygen atoms in total. The normalized spacial score (nSPS) is 11.4. The van der Waals surface area contributed by atoms with E-state index in [1.54, 1.807) is 36.4 Å². The van der Waals surface area contributed by atoms with Crippen molar-refractivity contribution >= 4 is 49.0 Å². The molecule has 0 saturated heterocycles. The number of para-hydroxylation sites is 2. The van der Waals surface area contributed by atoms with E-state index < -0.39 is 95.6 Å². The molecular formula is C31H30N4O11S2. The first kappa shape index (κ1) is 35.1. The molecule has 0 aliphatic rings. The van der Waals surface area contributed by atoms with E-state index in [4.69, 9.17) is 20.9 Å². The van der Waals surface area contributed by atoms with Crippen molar-refractivity contribution in [2.24, 2.45) is 11.5 Å². The van der Waals surface area contributed by atoms with Crippen LogP contribution in [0.5, 0.6) is 34.5 Å². The first-order valence-electron chi connectivity index (χ1n) is 13.7. The molecule has 4 aromatic rings. The molecule has 0 spiro atoms. The summed E-state index contributed by atoms with van der Waals surface area (Å²) in [6, 6.07) is 17.7. The van der Waals surface area contributed by atoms with Gasteiger partial charge in [-0.1, -0.05) is 36.4 Å². The maximum Gasteiger partial charge on any atom is 0.229 e. The van der Waals surface area contributed by atoms with Crippen molar-refractivity contribution in [1.29, 1.82) is 0 Å². The average Bonchev–Trinajstić information content (AvgIpc) is 2.98. The number of amides is 2. The minimum absolute atomic E-state index is 0.171. The number of phenolic OH excluding ortho intramolecular Hbond substituents is 2. The zero-order chi connectivity index (χ0) is 35.4. The molecular weight excluding hydrogens is 668 g/mol. The Morgan fingerprint density at radius 2 is 0.979 bits per heavy atom. The molecule has 0 aromatic heterocycles. The number of phenols is 2. The van der Waals surface area contributed by atoms with Crippen LogP contribution in [-0.2, 0) is 42.5 Å². The number of benzene rings is 4. The van der Waals surface area contributed by atoms with Crippen molar-refractivity contribution in [3.8, 4) is 34.5 Å². The fraction of sp³-hybridized carbons (Fsp3) is 0.129. The van der Waals surface area contributed by atoms with Gasteiger partial charge < -0.3 is 31.2 Å². The van der Waals surface area contributed by atoms with Gasteiger partial charge in [0.15, 0.2) is 11.5 Å². The lowest BCUT2D eigenvalue weighted by molar-refractivity contribution is -0.118. The van der Waals surface area contributed by atoms with Crippen LogP contribution < -0.4 is 30.4 Å². The third kappa shape index (κ3) is 8.71. The number of anilines is 2. The monoisotopic (exact) mass is 698 g/mol. The fourth-order valence-corrected chi connectivity index (χ4v) is 5.76. The second-order valence-electron chi connectivity index (χ2n) is 10.4. The Hall–Kier alpha value is -5.81. The molecule has 252 valence electrons. The number of rotatable bonds is 14. The van der Waals surface area contributed by atoms with Crippen molar-refractivity contribution < 1.29 is 50.9 Å². The predicted octanol–water partition coefficient (Wildman–Crippen LogP) is 2.71. The molecule has 0 radical (unpaired) electrons. The first-order valence-corrected chi connectivity index (χ1v) is 17.5. The molecule has 4 rings (SSSR count). The molecule has 0 saturated carbocycles. The third-order valence-corrected chi connectivity index (χ3v) is 7.59. The lowest BCUT2D eigenvalue weighted by Gasteiger charge is -2.21. The van der Waals surface area contributed by atoms with Gasteiger partial charge in [0.1, 0.15) is 23.0 Å². The third-order valence-electron chi connectivity index (χ3n) is 6.44. The second kappa shape index (κ2) is 13.9. The van der Waals surface area contributed by atoms with Crippen molar-refractivity contribution in [2.45, 2.75) is 12.8 Å². The summed E-state index contributed by atoms with van der Waals surface area (Å²) < 4.78 is 65.4. The van der Waals surface area contributed by atoms with Gasteiger partial charge in [-0.25, -0.2) is 16.8 Å². The van der Waals surface area contributed by atoms with Crippen LogP contribution in [0.1, 0.15) is 27.0 Å². The summed E-state index contributed by atoms with van der Waals surface area (Å²) in [6.45, 7) is 0. The molecule has 0 bridgehead atoms. The quantitative estimate of drug-likeness (QED) is 0.104. The van der Waals surface area contributed by atoms with E-state index in [1.807, 2.05) is 0 Å². The summed E-state index contributed by atoms with van der Waals surface area (Å²) in [5.74, 6) is -5.30. The highest BCUT2D eigenvalue weighted by atomic mass is 32.2. The van der Waals surface area contributed by atoms with Gasteiger partial charge in [0.2, 0.25) is 37.6 Å². The smallest absolute Gasteiger partial charge is 0.229 e. The zero-order valence-electron chi connectivity index (χ0n) is 25.4. The van der Waals surface area contributed by atoms with Crippen molar-refractivity contribution in [2.75, 3.05) is 22.0 Å². The van der Waals surface area contributed by atoms with Crippen molar-refractivity contribution in [3.05, 3.63) is 95.1 Å². The fourth-order valence-electron chi connectivity index (χ4n) is 4.57. The average molecular weight is 699 g/mol. The Bertz CT molecular complexity index is 1970. The molecule has 0 unspecified atom stereocenters. The maximum absolute atomic E-state index is 14.2. The lowest BCUT2D eigenvalue weighted by Crippen LogP contribution is -2.20. The number of hydrogen-bond acceptors (Lipinski definition) is 11. The van der Waals surface area contributed by atoms with Crippen molar-refractivity contribution in [3.63, 3.8) is 0 Å². The second-order valence-corrected chi connectivity index (χ2v) is 13.9. The van der Waals surface area contributed by atoms with Crippen LogP contribution in [0, 0.1) is 0 Å². The van der Waals surface area contributed by atoms with E-state index in [0.717, 1.165) is 24.6 Å². The van der Waals surface area contributed by atoms with Gasteiger partial charge in [0.05, 0.1) is 47.9 Å². The van der Waals surface area contributed by atoms with Crippen molar-refractivity contribution in [1.82, 2.24) is 0 Å². The number of carbonyl (C=O) groups excluding carboxylic acids is 3. The first-order chi connectivity index (χ1) is 22.4. The van der Waals surface area contributed by atoms with Gasteiger partial charge in [0.25, 0.3) is 0 Å². The van der Waals surface area contributed by atoms with Crippen LogP contribution in [0.25, 0.3) is 0 Å². The van der Waals surface area contributed by atoms with E-state index in [0.29, 0.717) is 0 Å². The summed E-state index contributed by atoms with van der Waals surface area (Å²) in [6.07, 6.45) is 0.0765. The Balaban J connectivity index is 2.04. The summed E-state index contributed by atoms with van der Waals surface area (Å²) in [5, 5.41) is 22.7. The number of hydrogen-bond donors (Lipinski definition) is 6. The van der Waals surface area contributed by atoms with Crippen LogP contribution in [0.2, 0.25) is 0 Å². The van der Waals surface area contributed by atoms with Gasteiger partial charge >= 0.3 is 0 Å². The SMILES string of the molecule is CS(=O)(=O)Nc1c(Oc2ccccc2)cc(C(=O)c2cc(Oc3ccccc3)c(NS(C)(=O)=O)c(CC(N)=O)c2O)c(O)c1CC(N)=O. The van der Waals surface area contributed by atoms with E-state index in [9.17, 15) is 41.4 Å². The largest absolute Gasteiger partial charge is 0.507 e. The van der Waals surface area contributed by atoms with E-state index in [-0.39, 0.29) is 23.0 Å². The summed E-state index contributed by atoms with van der Waals surface area (Å²) >= 11 is 0. The summed E-state index contributed by atoms with van der Waals surface area (Å²) in [7, 11) is -8.13. The highest BCUT2D eigenvalue weighted by Gasteiger charge is 2.31.